The molecule has 0 heterocycles. The van der Waals surface area contributed by atoms with E-state index in [-0.39, 0.29) is 0 Å². The van der Waals surface area contributed by atoms with Crippen LogP contribution in [0.25, 0.3) is 0 Å². The van der Waals surface area contributed by atoms with Gasteiger partial charge in [-0.15, -0.1) is 0 Å². The van der Waals surface area contributed by atoms with Gasteiger partial charge in [-0.05, 0) is 6.92 Å². The summed E-state index contributed by atoms with van der Waals surface area (Å²) in [6.07, 6.45) is 9.51. The normalized spacial score (nSPS) is 8.09. The Bertz CT molecular complexity index is 91.0. The van der Waals surface area contributed by atoms with Gasteiger partial charge in [-0.2, -0.15) is 0 Å². The molecular weight excluding hydrogens is 139 g/mol. The molecule has 0 aliphatic carbocycles. The van der Waals surface area contributed by atoms with Gasteiger partial charge in [-0.3, -0.25) is 4.39 Å². The Labute approximate surface area is 70.1 Å². The van der Waals surface area contributed by atoms with E-state index < -0.39 is 0 Å². The lowest BCUT2D eigenvalue weighted by Crippen LogP contribution is -1.43. The van der Waals surface area contributed by atoms with E-state index in [0.717, 1.165) is 0 Å². The summed E-state index contributed by atoms with van der Waals surface area (Å²) in [7, 11) is 0.500. The van der Waals surface area contributed by atoms with Crippen LogP contribution in [0.1, 0.15) is 20.8 Å². The van der Waals surface area contributed by atoms with E-state index in [4.69, 9.17) is 0 Å². The van der Waals surface area contributed by atoms with Gasteiger partial charge < -0.3 is 0 Å². The average Bonchev–Trinajstić information content (AvgIpc) is 2.13. The Balaban J connectivity index is -0.000000138. The highest BCUT2D eigenvalue weighted by molar-refractivity contribution is 5.07. The summed E-state index contributed by atoms with van der Waals surface area (Å²) in [6, 6.07) is 0. The van der Waals surface area contributed by atoms with Crippen molar-refractivity contribution in [3.8, 4) is 0 Å². The molecule has 0 radical (unpaired) electrons. The molecule has 0 aliphatic heterocycles. The molecule has 0 atom stereocenters. The summed E-state index contributed by atoms with van der Waals surface area (Å²) in [5.74, 6) is 0. The Hall–Kier alpha value is -0.850. The molecule has 66 valence electrons. The minimum Gasteiger partial charge on any atom is -0.255 e. The molecular formula is C10H19F. The van der Waals surface area contributed by atoms with Crippen LogP contribution in [-0.2, 0) is 0 Å². The largest absolute Gasteiger partial charge is 0.255 e. The second-order valence-corrected chi connectivity index (χ2v) is 1.15. The predicted molar refractivity (Wildman–Crippen MR) is 52.5 cm³/mol. The first-order valence-electron chi connectivity index (χ1n) is 3.70. The molecule has 0 saturated heterocycles. The highest BCUT2D eigenvalue weighted by Gasteiger charge is 1.52. The van der Waals surface area contributed by atoms with Gasteiger partial charge in [0.25, 0.3) is 0 Å². The first kappa shape index (κ1) is 16.6. The van der Waals surface area contributed by atoms with Gasteiger partial charge >= 0.3 is 0 Å². The first-order valence-corrected chi connectivity index (χ1v) is 3.70. The maximum Gasteiger partial charge on any atom is 0.0785 e. The Morgan fingerprint density at radius 3 is 1.73 bits per heavy atom. The van der Waals surface area contributed by atoms with Gasteiger partial charge in [0.15, 0.2) is 0 Å². The minimum atomic E-state index is 0.500. The van der Waals surface area contributed by atoms with Gasteiger partial charge in [0, 0.05) is 0 Å². The standard InChI is InChI=1S/C7H10.C2H6.CH3F/c1-3-5-7-6-4-2;2*1-2/h3-7H,1H2,2H3;1-2H3;1H3/b6-4-,7-5-;;. The molecule has 1 heteroatoms. The van der Waals surface area contributed by atoms with Crippen LogP contribution in [0.5, 0.6) is 0 Å². The molecule has 0 saturated carbocycles. The third-order valence-electron chi connectivity index (χ3n) is 0.551. The molecule has 0 bridgehead atoms. The molecule has 0 aromatic heterocycles. The third-order valence-corrected chi connectivity index (χ3v) is 0.551. The molecule has 0 spiro atoms. The highest BCUT2D eigenvalue weighted by atomic mass is 19.1. The number of halogens is 1. The van der Waals surface area contributed by atoms with Crippen LogP contribution in [0.3, 0.4) is 0 Å². The number of hydrogen-bond acceptors (Lipinski definition) is 0. The van der Waals surface area contributed by atoms with Crippen molar-refractivity contribution in [1.29, 1.82) is 0 Å². The topological polar surface area (TPSA) is 0 Å². The molecule has 0 aromatic carbocycles. The van der Waals surface area contributed by atoms with Gasteiger partial charge in [0.2, 0.25) is 0 Å². The molecule has 0 unspecified atom stereocenters. The number of hydrogen-bond donors (Lipinski definition) is 0. The summed E-state index contributed by atoms with van der Waals surface area (Å²) in [6.45, 7) is 9.49. The van der Waals surface area contributed by atoms with Crippen LogP contribution in [0.4, 0.5) is 4.39 Å². The lowest BCUT2D eigenvalue weighted by molar-refractivity contribution is 0.636. The van der Waals surface area contributed by atoms with Crippen molar-refractivity contribution in [2.24, 2.45) is 0 Å². The summed E-state index contributed by atoms with van der Waals surface area (Å²) in [5.41, 5.74) is 0. The Kier molecular flexibility index (Phi) is 53.3. The quantitative estimate of drug-likeness (QED) is 0.534. The molecule has 11 heavy (non-hydrogen) atoms. The van der Waals surface area contributed by atoms with Crippen LogP contribution >= 0.6 is 0 Å². The van der Waals surface area contributed by atoms with Gasteiger partial charge in [-0.25, -0.2) is 0 Å². The predicted octanol–water partition coefficient (Wildman–Crippen LogP) is 3.92. The van der Waals surface area contributed by atoms with Crippen LogP contribution in [0, 0.1) is 0 Å². The second-order valence-electron chi connectivity index (χ2n) is 1.15. The fraction of sp³-hybridized carbons (Fsp3) is 0.400. The third kappa shape index (κ3) is 47.1. The van der Waals surface area contributed by atoms with E-state index in [1.165, 1.54) is 0 Å². The minimum absolute atomic E-state index is 0.500. The number of alkyl halides is 1. The Morgan fingerprint density at radius 1 is 1.00 bits per heavy atom. The average molecular weight is 158 g/mol. The number of allylic oxidation sites excluding steroid dienone is 5. The van der Waals surface area contributed by atoms with Crippen molar-refractivity contribution in [3.05, 3.63) is 37.0 Å². The zero-order valence-electron chi connectivity index (χ0n) is 7.97. The monoisotopic (exact) mass is 158 g/mol. The van der Waals surface area contributed by atoms with E-state index >= 15 is 0 Å². The zero-order valence-corrected chi connectivity index (χ0v) is 7.97. The lowest BCUT2D eigenvalue weighted by atomic mass is 10.4. The lowest BCUT2D eigenvalue weighted by Gasteiger charge is -1.65. The maximum absolute atomic E-state index is 9.50. The van der Waals surface area contributed by atoms with Crippen molar-refractivity contribution in [3.63, 3.8) is 0 Å². The van der Waals surface area contributed by atoms with Crippen LogP contribution < -0.4 is 0 Å². The smallest absolute Gasteiger partial charge is 0.0785 e. The van der Waals surface area contributed by atoms with Crippen LogP contribution in [-0.4, -0.2) is 7.18 Å². The molecule has 0 aliphatic rings. The first-order chi connectivity index (χ1) is 5.41. The fourth-order valence-corrected chi connectivity index (χ4v) is 0.254. The summed E-state index contributed by atoms with van der Waals surface area (Å²) in [5, 5.41) is 0. The SMILES string of the molecule is C=C/C=C\C=C/C.CC.CF. The van der Waals surface area contributed by atoms with Crippen molar-refractivity contribution in [2.45, 2.75) is 20.8 Å². The van der Waals surface area contributed by atoms with Crippen molar-refractivity contribution in [2.75, 3.05) is 7.18 Å². The van der Waals surface area contributed by atoms with Crippen molar-refractivity contribution in [1.82, 2.24) is 0 Å². The fourth-order valence-electron chi connectivity index (χ4n) is 0.254. The van der Waals surface area contributed by atoms with Gasteiger partial charge in [0.1, 0.15) is 0 Å². The van der Waals surface area contributed by atoms with E-state index in [2.05, 4.69) is 6.58 Å². The molecule has 0 nitrogen and oxygen atoms in total. The molecule has 0 N–H and O–H groups in total. The van der Waals surface area contributed by atoms with Crippen LogP contribution in [0.2, 0.25) is 0 Å². The maximum atomic E-state index is 9.50. The molecule has 0 amide bonds. The van der Waals surface area contributed by atoms with Gasteiger partial charge in [0.05, 0.1) is 7.18 Å². The van der Waals surface area contributed by atoms with Crippen molar-refractivity contribution >= 4 is 0 Å². The zero-order chi connectivity index (χ0) is 9.54. The summed E-state index contributed by atoms with van der Waals surface area (Å²) in [4.78, 5) is 0. The molecule has 0 rings (SSSR count). The van der Waals surface area contributed by atoms with E-state index in [1.807, 2.05) is 45.1 Å². The van der Waals surface area contributed by atoms with Crippen molar-refractivity contribution < 1.29 is 4.39 Å². The molecule has 0 fully saturated rings. The second kappa shape index (κ2) is 35.3. The molecule has 0 aromatic rings. The van der Waals surface area contributed by atoms with E-state index in [1.54, 1.807) is 6.08 Å². The summed E-state index contributed by atoms with van der Waals surface area (Å²) >= 11 is 0. The Morgan fingerprint density at radius 2 is 1.45 bits per heavy atom. The number of rotatable bonds is 2. The van der Waals surface area contributed by atoms with Crippen LogP contribution in [0.15, 0.2) is 37.0 Å². The summed E-state index contributed by atoms with van der Waals surface area (Å²) < 4.78 is 9.50. The van der Waals surface area contributed by atoms with E-state index in [0.29, 0.717) is 7.18 Å². The highest BCUT2D eigenvalue weighted by Crippen LogP contribution is 1.74. The van der Waals surface area contributed by atoms with Gasteiger partial charge in [-0.1, -0.05) is 50.8 Å². The van der Waals surface area contributed by atoms with E-state index in [9.17, 15) is 4.39 Å².